The van der Waals surface area contributed by atoms with E-state index in [0.29, 0.717) is 0 Å². The molecular weight excluding hydrogens is 316 g/mol. The van der Waals surface area contributed by atoms with Gasteiger partial charge in [0.25, 0.3) is 0 Å². The van der Waals surface area contributed by atoms with Crippen molar-refractivity contribution < 1.29 is 4.79 Å². The number of rotatable bonds is 2. The monoisotopic (exact) mass is 332 g/mol. The summed E-state index contributed by atoms with van der Waals surface area (Å²) in [6.07, 6.45) is 2.91. The number of benzene rings is 1. The number of anilines is 1. The highest BCUT2D eigenvalue weighted by atomic mass is 79.9. The average molecular weight is 334 g/mol. The Labute approximate surface area is 122 Å². The summed E-state index contributed by atoms with van der Waals surface area (Å²) < 4.78 is 1.01. The number of hydrogen-bond donors (Lipinski definition) is 2. The third kappa shape index (κ3) is 3.46. The lowest BCUT2D eigenvalue weighted by Gasteiger charge is -2.15. The molecule has 0 spiro atoms. The predicted molar refractivity (Wildman–Crippen MR) is 80.1 cm³/mol. The zero-order valence-electron chi connectivity index (χ0n) is 10.3. The second kappa shape index (κ2) is 6.55. The maximum atomic E-state index is 12.0. The van der Waals surface area contributed by atoms with Crippen LogP contribution in [0.25, 0.3) is 0 Å². The van der Waals surface area contributed by atoms with Crippen molar-refractivity contribution in [1.82, 2.24) is 0 Å². The van der Waals surface area contributed by atoms with Crippen LogP contribution in [0.3, 0.4) is 0 Å². The highest BCUT2D eigenvalue weighted by Gasteiger charge is 2.30. The molecule has 3 nitrogen and oxygen atoms in total. The molecule has 2 atom stereocenters. The molecule has 1 aliphatic carbocycles. The number of amides is 1. The van der Waals surface area contributed by atoms with Gasteiger partial charge in [-0.3, -0.25) is 4.79 Å². The Morgan fingerprint density at radius 3 is 2.72 bits per heavy atom. The molecule has 18 heavy (non-hydrogen) atoms. The number of halogens is 2. The normalized spacial score (nSPS) is 22.4. The van der Waals surface area contributed by atoms with Gasteiger partial charge in [-0.1, -0.05) is 28.4 Å². The average Bonchev–Trinajstić information content (AvgIpc) is 2.70. The summed E-state index contributed by atoms with van der Waals surface area (Å²) in [6.45, 7) is 2.02. The summed E-state index contributed by atoms with van der Waals surface area (Å²) in [4.78, 5) is 12.0. The fourth-order valence-corrected chi connectivity index (χ4v) is 2.60. The molecule has 0 aromatic heterocycles. The van der Waals surface area contributed by atoms with Crippen LogP contribution in [0, 0.1) is 12.8 Å². The third-order valence-corrected chi connectivity index (χ3v) is 4.20. The van der Waals surface area contributed by atoms with Crippen LogP contribution in [0.15, 0.2) is 22.7 Å². The maximum Gasteiger partial charge on any atom is 0.229 e. The van der Waals surface area contributed by atoms with E-state index < -0.39 is 0 Å². The smallest absolute Gasteiger partial charge is 0.229 e. The summed E-state index contributed by atoms with van der Waals surface area (Å²) in [5, 5.41) is 2.93. The Balaban J connectivity index is 0.00000162. The first-order chi connectivity index (χ1) is 8.08. The van der Waals surface area contributed by atoms with Gasteiger partial charge in [0.2, 0.25) is 5.91 Å². The van der Waals surface area contributed by atoms with Crippen molar-refractivity contribution in [2.24, 2.45) is 11.7 Å². The van der Waals surface area contributed by atoms with Crippen LogP contribution >= 0.6 is 28.3 Å². The lowest BCUT2D eigenvalue weighted by Crippen LogP contribution is -2.34. The van der Waals surface area contributed by atoms with E-state index in [4.69, 9.17) is 5.73 Å². The Hall–Kier alpha value is -0.580. The first-order valence-corrected chi connectivity index (χ1v) is 6.70. The van der Waals surface area contributed by atoms with E-state index in [2.05, 4.69) is 21.2 Å². The standard InChI is InChI=1S/C13H17BrN2O.ClH/c1-8-5-6-9(7-11(8)14)16-13(17)10-3-2-4-12(10)15;/h5-7,10,12H,2-4,15H2,1H3,(H,16,17);1H. The molecule has 1 aromatic rings. The molecule has 100 valence electrons. The van der Waals surface area contributed by atoms with Crippen LogP contribution in [-0.4, -0.2) is 11.9 Å². The van der Waals surface area contributed by atoms with Gasteiger partial charge in [-0.2, -0.15) is 0 Å². The molecule has 1 fully saturated rings. The predicted octanol–water partition coefficient (Wildman–Crippen LogP) is 3.25. The van der Waals surface area contributed by atoms with Crippen molar-refractivity contribution >= 4 is 39.9 Å². The molecule has 1 aromatic carbocycles. The van der Waals surface area contributed by atoms with E-state index in [1.54, 1.807) is 0 Å². The van der Waals surface area contributed by atoms with Crippen molar-refractivity contribution in [3.8, 4) is 0 Å². The van der Waals surface area contributed by atoms with Gasteiger partial charge in [-0.05, 0) is 37.5 Å². The fraction of sp³-hybridized carbons (Fsp3) is 0.462. The van der Waals surface area contributed by atoms with Gasteiger partial charge in [0, 0.05) is 16.2 Å². The van der Waals surface area contributed by atoms with Gasteiger partial charge in [0.1, 0.15) is 0 Å². The van der Waals surface area contributed by atoms with Crippen LogP contribution < -0.4 is 11.1 Å². The number of nitrogens with two attached hydrogens (primary N) is 1. The summed E-state index contributed by atoms with van der Waals surface area (Å²) >= 11 is 3.46. The SMILES string of the molecule is Cc1ccc(NC(=O)C2CCCC2N)cc1Br.Cl. The topological polar surface area (TPSA) is 55.1 Å². The van der Waals surface area contributed by atoms with Crippen molar-refractivity contribution in [1.29, 1.82) is 0 Å². The number of nitrogens with one attached hydrogen (secondary N) is 1. The van der Waals surface area contributed by atoms with Crippen molar-refractivity contribution in [3.05, 3.63) is 28.2 Å². The largest absolute Gasteiger partial charge is 0.327 e. The van der Waals surface area contributed by atoms with Crippen LogP contribution in [0.1, 0.15) is 24.8 Å². The van der Waals surface area contributed by atoms with Gasteiger partial charge in [0.15, 0.2) is 0 Å². The molecule has 0 heterocycles. The number of hydrogen-bond acceptors (Lipinski definition) is 2. The fourth-order valence-electron chi connectivity index (χ4n) is 2.22. The van der Waals surface area contributed by atoms with Crippen LogP contribution in [0.4, 0.5) is 5.69 Å². The van der Waals surface area contributed by atoms with Gasteiger partial charge in [-0.15, -0.1) is 12.4 Å². The van der Waals surface area contributed by atoms with Crippen molar-refractivity contribution in [3.63, 3.8) is 0 Å². The van der Waals surface area contributed by atoms with E-state index >= 15 is 0 Å². The number of carbonyl (C=O) groups excluding carboxylic acids is 1. The minimum absolute atomic E-state index is 0. The lowest BCUT2D eigenvalue weighted by atomic mass is 10.0. The quantitative estimate of drug-likeness (QED) is 0.873. The molecular formula is C13H18BrClN2O. The lowest BCUT2D eigenvalue weighted by molar-refractivity contribution is -0.120. The molecule has 3 N–H and O–H groups in total. The van der Waals surface area contributed by atoms with E-state index in [0.717, 1.165) is 35.0 Å². The zero-order chi connectivity index (χ0) is 12.4. The maximum absolute atomic E-state index is 12.0. The van der Waals surface area contributed by atoms with Gasteiger partial charge < -0.3 is 11.1 Å². The van der Waals surface area contributed by atoms with Crippen molar-refractivity contribution in [2.75, 3.05) is 5.32 Å². The molecule has 2 unspecified atom stereocenters. The molecule has 0 saturated heterocycles. The zero-order valence-corrected chi connectivity index (χ0v) is 12.7. The molecule has 2 rings (SSSR count). The summed E-state index contributed by atoms with van der Waals surface area (Å²) in [7, 11) is 0. The molecule has 0 radical (unpaired) electrons. The van der Waals surface area contributed by atoms with E-state index in [1.807, 2.05) is 25.1 Å². The number of carbonyl (C=O) groups is 1. The Bertz CT molecular complexity index is 439. The van der Waals surface area contributed by atoms with Crippen LogP contribution in [0.2, 0.25) is 0 Å². The molecule has 0 aliphatic heterocycles. The van der Waals surface area contributed by atoms with E-state index in [1.165, 1.54) is 0 Å². The highest BCUT2D eigenvalue weighted by molar-refractivity contribution is 9.10. The van der Waals surface area contributed by atoms with Gasteiger partial charge >= 0.3 is 0 Å². The molecule has 1 aliphatic rings. The second-order valence-electron chi connectivity index (χ2n) is 4.65. The first-order valence-electron chi connectivity index (χ1n) is 5.90. The molecule has 5 heteroatoms. The minimum atomic E-state index is -0.0323. The van der Waals surface area contributed by atoms with Crippen molar-refractivity contribution in [2.45, 2.75) is 32.2 Å². The molecule has 1 saturated carbocycles. The first kappa shape index (κ1) is 15.5. The Morgan fingerprint density at radius 1 is 1.44 bits per heavy atom. The second-order valence-corrected chi connectivity index (χ2v) is 5.51. The summed E-state index contributed by atoms with van der Waals surface area (Å²) in [5.74, 6) is 0.0147. The van der Waals surface area contributed by atoms with Gasteiger partial charge in [0.05, 0.1) is 5.92 Å². The van der Waals surface area contributed by atoms with E-state index in [9.17, 15) is 4.79 Å². The Kier molecular flexibility index (Phi) is 5.63. The van der Waals surface area contributed by atoms with Gasteiger partial charge in [-0.25, -0.2) is 0 Å². The summed E-state index contributed by atoms with van der Waals surface area (Å²) in [5.41, 5.74) is 7.90. The highest BCUT2D eigenvalue weighted by Crippen LogP contribution is 2.26. The Morgan fingerprint density at radius 2 is 2.17 bits per heavy atom. The molecule has 1 amide bonds. The van der Waals surface area contributed by atoms with Crippen LogP contribution in [0.5, 0.6) is 0 Å². The third-order valence-electron chi connectivity index (χ3n) is 3.35. The van der Waals surface area contributed by atoms with E-state index in [-0.39, 0.29) is 30.3 Å². The van der Waals surface area contributed by atoms with Crippen LogP contribution in [-0.2, 0) is 4.79 Å². The molecule has 0 bridgehead atoms. The summed E-state index contributed by atoms with van der Waals surface area (Å²) in [6, 6.07) is 5.84. The number of aryl methyl sites for hydroxylation is 1. The minimum Gasteiger partial charge on any atom is -0.327 e.